The molecule has 0 aliphatic heterocycles. The molecule has 0 unspecified atom stereocenters. The highest BCUT2D eigenvalue weighted by Gasteiger charge is 2.24. The standard InChI is InChI=1S/C23H26N2O3/c1-23(2,16-26)14-9-15-24-22(27)20-19(17-10-5-3-6-11-17)21(28-25-20)18-12-7-4-8-13-18/h3-8,10-13,26H,9,14-16H2,1-2H3,(H,24,27). The van der Waals surface area contributed by atoms with E-state index in [1.165, 1.54) is 0 Å². The fraction of sp³-hybridized carbons (Fsp3) is 0.304. The summed E-state index contributed by atoms with van der Waals surface area (Å²) in [5.41, 5.74) is 2.59. The first-order valence-electron chi connectivity index (χ1n) is 9.51. The summed E-state index contributed by atoms with van der Waals surface area (Å²) in [5, 5.41) is 16.4. The summed E-state index contributed by atoms with van der Waals surface area (Å²) in [6.07, 6.45) is 1.60. The molecule has 5 nitrogen and oxygen atoms in total. The third kappa shape index (κ3) is 4.67. The van der Waals surface area contributed by atoms with Crippen molar-refractivity contribution >= 4 is 5.91 Å². The summed E-state index contributed by atoms with van der Waals surface area (Å²) in [5.74, 6) is 0.324. The van der Waals surface area contributed by atoms with E-state index in [1.54, 1.807) is 0 Å². The van der Waals surface area contributed by atoms with Crippen LogP contribution in [0, 0.1) is 5.41 Å². The molecule has 3 aromatic rings. The predicted octanol–water partition coefficient (Wildman–Crippen LogP) is 4.54. The number of hydrogen-bond donors (Lipinski definition) is 2. The van der Waals surface area contributed by atoms with E-state index in [4.69, 9.17) is 4.52 Å². The molecule has 2 aromatic carbocycles. The molecule has 0 aliphatic rings. The fourth-order valence-corrected chi connectivity index (χ4v) is 3.04. The smallest absolute Gasteiger partial charge is 0.274 e. The molecule has 0 atom stereocenters. The number of hydrogen-bond acceptors (Lipinski definition) is 4. The molecule has 3 rings (SSSR count). The second-order valence-corrected chi connectivity index (χ2v) is 7.65. The number of aliphatic hydroxyl groups is 1. The van der Waals surface area contributed by atoms with Crippen molar-refractivity contribution in [2.24, 2.45) is 5.41 Å². The van der Waals surface area contributed by atoms with Gasteiger partial charge < -0.3 is 14.9 Å². The molecule has 0 saturated carbocycles. The van der Waals surface area contributed by atoms with Gasteiger partial charge in [-0.05, 0) is 23.8 Å². The Morgan fingerprint density at radius 1 is 1.04 bits per heavy atom. The molecule has 146 valence electrons. The number of aromatic nitrogens is 1. The van der Waals surface area contributed by atoms with Crippen molar-refractivity contribution in [3.63, 3.8) is 0 Å². The van der Waals surface area contributed by atoms with Gasteiger partial charge in [-0.15, -0.1) is 0 Å². The zero-order chi connectivity index (χ0) is 20.0. The zero-order valence-corrected chi connectivity index (χ0v) is 16.3. The molecule has 1 aromatic heterocycles. The first kappa shape index (κ1) is 19.8. The summed E-state index contributed by atoms with van der Waals surface area (Å²) >= 11 is 0. The Hall–Kier alpha value is -2.92. The van der Waals surface area contributed by atoms with Gasteiger partial charge in [-0.3, -0.25) is 4.79 Å². The summed E-state index contributed by atoms with van der Waals surface area (Å²) in [6.45, 7) is 4.66. The number of amides is 1. The lowest BCUT2D eigenvalue weighted by Crippen LogP contribution is -2.27. The topological polar surface area (TPSA) is 75.4 Å². The van der Waals surface area contributed by atoms with Gasteiger partial charge in [-0.1, -0.05) is 79.7 Å². The number of benzene rings is 2. The summed E-state index contributed by atoms with van der Waals surface area (Å²) in [6, 6.07) is 19.3. The van der Waals surface area contributed by atoms with E-state index in [1.807, 2.05) is 74.5 Å². The van der Waals surface area contributed by atoms with Gasteiger partial charge in [0.15, 0.2) is 11.5 Å². The Morgan fingerprint density at radius 2 is 1.64 bits per heavy atom. The Labute approximate surface area is 165 Å². The van der Waals surface area contributed by atoms with Gasteiger partial charge in [0.2, 0.25) is 0 Å². The molecular weight excluding hydrogens is 352 g/mol. The third-order valence-electron chi connectivity index (χ3n) is 4.75. The van der Waals surface area contributed by atoms with Gasteiger partial charge in [0.25, 0.3) is 5.91 Å². The lowest BCUT2D eigenvalue weighted by atomic mass is 9.89. The average Bonchev–Trinajstić information content (AvgIpc) is 3.17. The normalized spacial score (nSPS) is 11.4. The van der Waals surface area contributed by atoms with E-state index in [0.29, 0.717) is 17.9 Å². The van der Waals surface area contributed by atoms with E-state index in [9.17, 15) is 9.90 Å². The molecule has 1 heterocycles. The minimum atomic E-state index is -0.258. The maximum Gasteiger partial charge on any atom is 0.274 e. The lowest BCUT2D eigenvalue weighted by Gasteiger charge is -2.21. The first-order valence-corrected chi connectivity index (χ1v) is 9.51. The molecule has 0 spiro atoms. The van der Waals surface area contributed by atoms with Crippen LogP contribution in [0.25, 0.3) is 22.5 Å². The van der Waals surface area contributed by atoms with Crippen molar-refractivity contribution in [2.75, 3.05) is 13.2 Å². The molecule has 28 heavy (non-hydrogen) atoms. The van der Waals surface area contributed by atoms with Gasteiger partial charge in [0, 0.05) is 18.7 Å². The first-order chi connectivity index (χ1) is 13.5. The second-order valence-electron chi connectivity index (χ2n) is 7.65. The summed E-state index contributed by atoms with van der Waals surface area (Å²) in [7, 11) is 0. The highest BCUT2D eigenvalue weighted by Crippen LogP contribution is 2.35. The fourth-order valence-electron chi connectivity index (χ4n) is 3.04. The van der Waals surface area contributed by atoms with Crippen molar-refractivity contribution in [1.82, 2.24) is 10.5 Å². The maximum atomic E-state index is 12.8. The SMILES string of the molecule is CC(C)(CO)CCCNC(=O)c1noc(-c2ccccc2)c1-c1ccccc1. The molecule has 0 saturated heterocycles. The van der Waals surface area contributed by atoms with Crippen molar-refractivity contribution in [3.05, 3.63) is 66.4 Å². The van der Waals surface area contributed by atoms with Crippen molar-refractivity contribution in [2.45, 2.75) is 26.7 Å². The number of aliphatic hydroxyl groups excluding tert-OH is 1. The molecular formula is C23H26N2O3. The van der Waals surface area contributed by atoms with Crippen LogP contribution in [0.15, 0.2) is 65.2 Å². The van der Waals surface area contributed by atoms with Crippen LogP contribution in [-0.2, 0) is 0 Å². The number of nitrogens with zero attached hydrogens (tertiary/aromatic N) is 1. The van der Waals surface area contributed by atoms with Crippen LogP contribution in [0.1, 0.15) is 37.2 Å². The minimum absolute atomic E-state index is 0.128. The number of rotatable bonds is 8. The third-order valence-corrected chi connectivity index (χ3v) is 4.75. The van der Waals surface area contributed by atoms with Crippen molar-refractivity contribution in [1.29, 1.82) is 0 Å². The molecule has 5 heteroatoms. The van der Waals surface area contributed by atoms with Crippen LogP contribution in [0.3, 0.4) is 0 Å². The molecule has 2 N–H and O–H groups in total. The van der Waals surface area contributed by atoms with Gasteiger partial charge in [0.1, 0.15) is 0 Å². The Kier molecular flexibility index (Phi) is 6.26. The molecule has 1 amide bonds. The van der Waals surface area contributed by atoms with Crippen LogP contribution in [0.5, 0.6) is 0 Å². The Balaban J connectivity index is 1.83. The number of carbonyl (C=O) groups is 1. The monoisotopic (exact) mass is 378 g/mol. The molecule has 0 aliphatic carbocycles. The zero-order valence-electron chi connectivity index (χ0n) is 16.3. The largest absolute Gasteiger partial charge is 0.396 e. The van der Waals surface area contributed by atoms with Gasteiger partial charge in [-0.2, -0.15) is 0 Å². The Bertz CT molecular complexity index is 902. The molecule has 0 fully saturated rings. The van der Waals surface area contributed by atoms with E-state index in [0.717, 1.165) is 24.0 Å². The number of carbonyl (C=O) groups excluding carboxylic acids is 1. The average molecular weight is 378 g/mol. The molecule has 0 bridgehead atoms. The molecule has 0 radical (unpaired) electrons. The lowest BCUT2D eigenvalue weighted by molar-refractivity contribution is 0.0940. The van der Waals surface area contributed by atoms with E-state index >= 15 is 0 Å². The second kappa shape index (κ2) is 8.85. The highest BCUT2D eigenvalue weighted by molar-refractivity contribution is 6.02. The van der Waals surface area contributed by atoms with Crippen LogP contribution < -0.4 is 5.32 Å². The van der Waals surface area contributed by atoms with Crippen molar-refractivity contribution < 1.29 is 14.4 Å². The quantitative estimate of drug-likeness (QED) is 0.565. The minimum Gasteiger partial charge on any atom is -0.396 e. The van der Waals surface area contributed by atoms with Gasteiger partial charge in [-0.25, -0.2) is 0 Å². The van der Waals surface area contributed by atoms with E-state index in [2.05, 4.69) is 10.5 Å². The summed E-state index contributed by atoms with van der Waals surface area (Å²) < 4.78 is 5.59. The number of nitrogens with one attached hydrogen (secondary N) is 1. The van der Waals surface area contributed by atoms with Gasteiger partial charge in [0.05, 0.1) is 5.56 Å². The highest BCUT2D eigenvalue weighted by atomic mass is 16.5. The van der Waals surface area contributed by atoms with Crippen LogP contribution >= 0.6 is 0 Å². The van der Waals surface area contributed by atoms with Crippen LogP contribution in [0.2, 0.25) is 0 Å². The maximum absolute atomic E-state index is 12.8. The van der Waals surface area contributed by atoms with Crippen LogP contribution in [0.4, 0.5) is 0 Å². The van der Waals surface area contributed by atoms with E-state index in [-0.39, 0.29) is 23.6 Å². The summed E-state index contributed by atoms with van der Waals surface area (Å²) in [4.78, 5) is 12.8. The predicted molar refractivity (Wildman–Crippen MR) is 110 cm³/mol. The van der Waals surface area contributed by atoms with Crippen molar-refractivity contribution in [3.8, 4) is 22.5 Å². The van der Waals surface area contributed by atoms with Gasteiger partial charge >= 0.3 is 0 Å². The van der Waals surface area contributed by atoms with Crippen LogP contribution in [-0.4, -0.2) is 29.3 Å². The van der Waals surface area contributed by atoms with E-state index < -0.39 is 0 Å². The Morgan fingerprint density at radius 3 is 2.25 bits per heavy atom.